The quantitative estimate of drug-likeness (QED) is 0.809. The van der Waals surface area contributed by atoms with E-state index < -0.39 is 0 Å². The van der Waals surface area contributed by atoms with E-state index in [0.29, 0.717) is 26.2 Å². The Hall–Kier alpha value is -1.92. The van der Waals surface area contributed by atoms with E-state index in [1.165, 1.54) is 0 Å². The number of hydrogen-bond donors (Lipinski definition) is 2. The molecule has 1 aromatic carbocycles. The van der Waals surface area contributed by atoms with Gasteiger partial charge in [0.05, 0.1) is 12.6 Å². The summed E-state index contributed by atoms with van der Waals surface area (Å²) < 4.78 is 0. The Bertz CT molecular complexity index is 549. The van der Waals surface area contributed by atoms with Crippen LogP contribution in [0.15, 0.2) is 30.3 Å². The first-order chi connectivity index (χ1) is 11.7. The molecule has 3 rings (SSSR count). The summed E-state index contributed by atoms with van der Waals surface area (Å²) >= 11 is 0. The van der Waals surface area contributed by atoms with Crippen LogP contribution in [0.4, 0.5) is 0 Å². The van der Waals surface area contributed by atoms with E-state index in [1.807, 2.05) is 35.2 Å². The van der Waals surface area contributed by atoms with Gasteiger partial charge in [-0.2, -0.15) is 0 Å². The number of carbonyl (C=O) groups is 2. The molecule has 130 valence electrons. The van der Waals surface area contributed by atoms with Crippen molar-refractivity contribution < 1.29 is 9.59 Å². The number of carbonyl (C=O) groups excluding carboxylic acids is 2. The van der Waals surface area contributed by atoms with Crippen LogP contribution >= 0.6 is 0 Å². The molecule has 2 aliphatic rings. The predicted octanol–water partition coefficient (Wildman–Crippen LogP) is 0.199. The maximum absolute atomic E-state index is 12.4. The molecule has 2 amide bonds. The van der Waals surface area contributed by atoms with Gasteiger partial charge in [0.15, 0.2) is 0 Å². The number of amides is 2. The van der Waals surface area contributed by atoms with Crippen LogP contribution in [0.1, 0.15) is 18.4 Å². The molecule has 0 bridgehead atoms. The standard InChI is InChI=1S/C18H26N4O2/c23-17(20-13-15-5-2-1-3-6-15)14-21-9-11-22(12-10-21)18(24)16-7-4-8-19-16/h1-3,5-6,16,19H,4,7-14H2,(H,20,23). The molecule has 2 saturated heterocycles. The van der Waals surface area contributed by atoms with Crippen LogP contribution in [0.5, 0.6) is 0 Å². The van der Waals surface area contributed by atoms with Gasteiger partial charge >= 0.3 is 0 Å². The predicted molar refractivity (Wildman–Crippen MR) is 92.3 cm³/mol. The van der Waals surface area contributed by atoms with Gasteiger partial charge in [-0.25, -0.2) is 0 Å². The zero-order valence-corrected chi connectivity index (χ0v) is 14.0. The van der Waals surface area contributed by atoms with Crippen LogP contribution in [0.25, 0.3) is 0 Å². The van der Waals surface area contributed by atoms with Gasteiger partial charge in [0.1, 0.15) is 0 Å². The van der Waals surface area contributed by atoms with Crippen LogP contribution in [-0.4, -0.2) is 66.9 Å². The van der Waals surface area contributed by atoms with E-state index in [4.69, 9.17) is 0 Å². The van der Waals surface area contributed by atoms with Crippen LogP contribution in [0.2, 0.25) is 0 Å². The molecule has 2 N–H and O–H groups in total. The second-order valence-corrected chi connectivity index (χ2v) is 6.51. The van der Waals surface area contributed by atoms with Gasteiger partial charge in [-0.3, -0.25) is 14.5 Å². The molecule has 24 heavy (non-hydrogen) atoms. The highest BCUT2D eigenvalue weighted by Gasteiger charge is 2.29. The molecule has 1 atom stereocenters. The van der Waals surface area contributed by atoms with Crippen molar-refractivity contribution in [3.05, 3.63) is 35.9 Å². The van der Waals surface area contributed by atoms with E-state index in [0.717, 1.165) is 38.0 Å². The third kappa shape index (κ3) is 4.55. The van der Waals surface area contributed by atoms with Crippen LogP contribution < -0.4 is 10.6 Å². The summed E-state index contributed by atoms with van der Waals surface area (Å²) in [7, 11) is 0. The van der Waals surface area contributed by atoms with Crippen molar-refractivity contribution in [3.63, 3.8) is 0 Å². The Balaban J connectivity index is 1.37. The van der Waals surface area contributed by atoms with Gasteiger partial charge in [0.25, 0.3) is 0 Å². The fourth-order valence-corrected chi connectivity index (χ4v) is 3.30. The van der Waals surface area contributed by atoms with Crippen molar-refractivity contribution in [1.82, 2.24) is 20.4 Å². The molecule has 0 aromatic heterocycles. The zero-order valence-electron chi connectivity index (χ0n) is 14.0. The minimum Gasteiger partial charge on any atom is -0.351 e. The molecule has 0 spiro atoms. The molecule has 0 saturated carbocycles. The zero-order chi connectivity index (χ0) is 16.8. The Morgan fingerprint density at radius 3 is 2.54 bits per heavy atom. The number of nitrogens with one attached hydrogen (secondary N) is 2. The lowest BCUT2D eigenvalue weighted by Gasteiger charge is -2.35. The number of benzene rings is 1. The molecule has 1 unspecified atom stereocenters. The van der Waals surface area contributed by atoms with Crippen LogP contribution in [0, 0.1) is 0 Å². The van der Waals surface area contributed by atoms with Gasteiger partial charge in [-0.05, 0) is 24.9 Å². The number of piperazine rings is 1. The third-order valence-electron chi connectivity index (χ3n) is 4.74. The molecular formula is C18H26N4O2. The monoisotopic (exact) mass is 330 g/mol. The average molecular weight is 330 g/mol. The van der Waals surface area contributed by atoms with Crippen molar-refractivity contribution in [3.8, 4) is 0 Å². The molecule has 0 radical (unpaired) electrons. The highest BCUT2D eigenvalue weighted by molar-refractivity contribution is 5.82. The number of nitrogens with zero attached hydrogens (tertiary/aromatic N) is 2. The molecular weight excluding hydrogens is 304 g/mol. The SMILES string of the molecule is O=C(CN1CCN(C(=O)C2CCCN2)CC1)NCc1ccccc1. The lowest BCUT2D eigenvalue weighted by Crippen LogP contribution is -2.54. The van der Waals surface area contributed by atoms with Crippen molar-refractivity contribution in [1.29, 1.82) is 0 Å². The average Bonchev–Trinajstić information content (AvgIpc) is 3.16. The third-order valence-corrected chi connectivity index (χ3v) is 4.74. The maximum atomic E-state index is 12.4. The van der Waals surface area contributed by atoms with E-state index in [2.05, 4.69) is 15.5 Å². The molecule has 0 aliphatic carbocycles. The summed E-state index contributed by atoms with van der Waals surface area (Å²) in [5, 5.41) is 6.21. The minimum absolute atomic E-state index is 0.00530. The second kappa shape index (κ2) is 8.26. The summed E-state index contributed by atoms with van der Waals surface area (Å²) in [5.74, 6) is 0.261. The summed E-state index contributed by atoms with van der Waals surface area (Å²) in [4.78, 5) is 28.5. The first kappa shape index (κ1) is 16.9. The van der Waals surface area contributed by atoms with Crippen molar-refractivity contribution in [2.24, 2.45) is 0 Å². The van der Waals surface area contributed by atoms with E-state index >= 15 is 0 Å². The fourth-order valence-electron chi connectivity index (χ4n) is 3.30. The van der Waals surface area contributed by atoms with Crippen LogP contribution in [0.3, 0.4) is 0 Å². The maximum Gasteiger partial charge on any atom is 0.239 e. The van der Waals surface area contributed by atoms with Crippen molar-refractivity contribution >= 4 is 11.8 Å². The highest BCUT2D eigenvalue weighted by atomic mass is 16.2. The first-order valence-electron chi connectivity index (χ1n) is 8.77. The van der Waals surface area contributed by atoms with E-state index in [9.17, 15) is 9.59 Å². The normalized spacial score (nSPS) is 21.7. The second-order valence-electron chi connectivity index (χ2n) is 6.51. The van der Waals surface area contributed by atoms with Gasteiger partial charge < -0.3 is 15.5 Å². The van der Waals surface area contributed by atoms with Gasteiger partial charge in [0.2, 0.25) is 11.8 Å². The molecule has 2 heterocycles. The number of rotatable bonds is 5. The molecule has 1 aromatic rings. The van der Waals surface area contributed by atoms with Crippen LogP contribution in [-0.2, 0) is 16.1 Å². The molecule has 2 aliphatic heterocycles. The fraction of sp³-hybridized carbons (Fsp3) is 0.556. The van der Waals surface area contributed by atoms with Gasteiger partial charge in [0, 0.05) is 32.7 Å². The van der Waals surface area contributed by atoms with E-state index in [1.54, 1.807) is 0 Å². The Morgan fingerprint density at radius 2 is 1.88 bits per heavy atom. The lowest BCUT2D eigenvalue weighted by molar-refractivity contribution is -0.135. The Morgan fingerprint density at radius 1 is 1.12 bits per heavy atom. The van der Waals surface area contributed by atoms with Crippen molar-refractivity contribution in [2.75, 3.05) is 39.3 Å². The summed E-state index contributed by atoms with van der Waals surface area (Å²) in [6.07, 6.45) is 2.03. The topological polar surface area (TPSA) is 64.7 Å². The molecule has 6 heteroatoms. The lowest BCUT2D eigenvalue weighted by atomic mass is 10.2. The Kier molecular flexibility index (Phi) is 5.82. The van der Waals surface area contributed by atoms with E-state index in [-0.39, 0.29) is 17.9 Å². The smallest absolute Gasteiger partial charge is 0.239 e. The van der Waals surface area contributed by atoms with Gasteiger partial charge in [-0.1, -0.05) is 30.3 Å². The van der Waals surface area contributed by atoms with Gasteiger partial charge in [-0.15, -0.1) is 0 Å². The van der Waals surface area contributed by atoms with Crippen molar-refractivity contribution in [2.45, 2.75) is 25.4 Å². The largest absolute Gasteiger partial charge is 0.351 e. The number of hydrogen-bond acceptors (Lipinski definition) is 4. The summed E-state index contributed by atoms with van der Waals surface area (Å²) in [6.45, 7) is 4.85. The molecule has 2 fully saturated rings. The minimum atomic E-state index is 0.00530. The Labute approximate surface area is 143 Å². The molecule has 6 nitrogen and oxygen atoms in total. The highest BCUT2D eigenvalue weighted by Crippen LogP contribution is 2.11. The summed E-state index contributed by atoms with van der Waals surface area (Å²) in [5.41, 5.74) is 1.10. The first-order valence-corrected chi connectivity index (χ1v) is 8.77. The summed E-state index contributed by atoms with van der Waals surface area (Å²) in [6, 6.07) is 9.91.